The van der Waals surface area contributed by atoms with Crippen molar-refractivity contribution in [3.8, 4) is 0 Å². The van der Waals surface area contributed by atoms with Gasteiger partial charge in [-0.1, -0.05) is 66.2 Å². The lowest BCUT2D eigenvalue weighted by atomic mass is 10.1. The zero-order chi connectivity index (χ0) is 23.8. The normalized spacial score (nSPS) is 15.1. The molecule has 2 amide bonds. The number of imide groups is 1. The first-order valence-electron chi connectivity index (χ1n) is 10.7. The van der Waals surface area contributed by atoms with Crippen LogP contribution in [-0.2, 0) is 17.9 Å². The van der Waals surface area contributed by atoms with Gasteiger partial charge in [0.2, 0.25) is 0 Å². The highest BCUT2D eigenvalue weighted by atomic mass is 35.5. The number of nitrogens with zero attached hydrogens (tertiary/aromatic N) is 2. The summed E-state index contributed by atoms with van der Waals surface area (Å²) in [7, 11) is 0. The minimum absolute atomic E-state index is 0.0953. The lowest BCUT2D eigenvalue weighted by Gasteiger charge is -2.12. The third kappa shape index (κ3) is 4.04. The molecule has 1 aromatic heterocycles. The number of carbonyl (C=O) groups excluding carboxylic acids is 2. The van der Waals surface area contributed by atoms with Crippen LogP contribution in [0.15, 0.2) is 77.7 Å². The van der Waals surface area contributed by atoms with E-state index in [0.717, 1.165) is 44.4 Å². The lowest BCUT2D eigenvalue weighted by molar-refractivity contribution is -0.123. The smallest absolute Gasteiger partial charge is 0.293 e. The molecule has 0 saturated carbocycles. The van der Waals surface area contributed by atoms with Gasteiger partial charge in [-0.05, 0) is 48.5 Å². The van der Waals surface area contributed by atoms with Crippen molar-refractivity contribution < 1.29 is 14.0 Å². The predicted molar refractivity (Wildman–Crippen MR) is 135 cm³/mol. The maximum atomic E-state index is 14.1. The Morgan fingerprint density at radius 3 is 2.35 bits per heavy atom. The van der Waals surface area contributed by atoms with E-state index >= 15 is 0 Å². The Kier molecular flexibility index (Phi) is 6.02. The average molecular weight is 491 g/mol. The number of amides is 2. The fraction of sp³-hybridized carbons (Fsp3) is 0.111. The van der Waals surface area contributed by atoms with Crippen molar-refractivity contribution in [3.05, 3.63) is 111 Å². The number of hydrogen-bond acceptors (Lipinski definition) is 3. The van der Waals surface area contributed by atoms with Gasteiger partial charge in [-0.15, -0.1) is 0 Å². The van der Waals surface area contributed by atoms with E-state index in [0.29, 0.717) is 22.0 Å². The Bertz CT molecular complexity index is 1480. The van der Waals surface area contributed by atoms with Crippen LogP contribution in [-0.4, -0.2) is 20.6 Å². The fourth-order valence-corrected chi connectivity index (χ4v) is 5.22. The molecule has 2 heterocycles. The molecule has 5 rings (SSSR count). The van der Waals surface area contributed by atoms with E-state index in [9.17, 15) is 14.0 Å². The van der Waals surface area contributed by atoms with Crippen LogP contribution in [0.3, 0.4) is 0 Å². The number of thioether (sulfide) groups is 1. The molecule has 0 bridgehead atoms. The first-order valence-corrected chi connectivity index (χ1v) is 11.9. The van der Waals surface area contributed by atoms with Crippen LogP contribution in [0.5, 0.6) is 0 Å². The van der Waals surface area contributed by atoms with Gasteiger partial charge >= 0.3 is 0 Å². The standard InChI is InChI=1S/C27H20ClFN2O2S/c1-17-21(14-25-26(32)31(27(33)34-25)16-19-9-3-6-12-23(19)29)20-10-4-7-13-24(20)30(17)15-18-8-2-5-11-22(18)28/h2-14H,15-16H2,1H3/b25-14-. The number of para-hydroxylation sites is 1. The second kappa shape index (κ2) is 9.12. The van der Waals surface area contributed by atoms with E-state index < -0.39 is 17.0 Å². The van der Waals surface area contributed by atoms with E-state index in [4.69, 9.17) is 11.6 Å². The predicted octanol–water partition coefficient (Wildman–Crippen LogP) is 7.03. The summed E-state index contributed by atoms with van der Waals surface area (Å²) in [5.41, 5.74) is 4.14. The second-order valence-corrected chi connectivity index (χ2v) is 9.45. The maximum absolute atomic E-state index is 14.1. The third-order valence-electron chi connectivity index (χ3n) is 6.00. The van der Waals surface area contributed by atoms with Gasteiger partial charge in [0, 0.05) is 39.3 Å². The molecule has 4 nitrogen and oxygen atoms in total. The van der Waals surface area contributed by atoms with Crippen molar-refractivity contribution in [3.63, 3.8) is 0 Å². The summed E-state index contributed by atoms with van der Waals surface area (Å²) in [6, 6.07) is 21.8. The van der Waals surface area contributed by atoms with Crippen LogP contribution in [0.1, 0.15) is 22.4 Å². The summed E-state index contributed by atoms with van der Waals surface area (Å²) in [6.45, 7) is 2.48. The Hall–Kier alpha value is -3.35. The van der Waals surface area contributed by atoms with Gasteiger partial charge in [-0.3, -0.25) is 14.5 Å². The molecule has 7 heteroatoms. The molecule has 3 aromatic carbocycles. The minimum atomic E-state index is -0.441. The highest BCUT2D eigenvalue weighted by Gasteiger charge is 2.35. The third-order valence-corrected chi connectivity index (χ3v) is 7.28. The van der Waals surface area contributed by atoms with E-state index in [-0.39, 0.29) is 6.54 Å². The molecule has 0 atom stereocenters. The van der Waals surface area contributed by atoms with Crippen molar-refractivity contribution in [2.75, 3.05) is 0 Å². The molecule has 0 aliphatic carbocycles. The molecule has 0 N–H and O–H groups in total. The highest BCUT2D eigenvalue weighted by molar-refractivity contribution is 8.18. The van der Waals surface area contributed by atoms with Gasteiger partial charge in [0.15, 0.2) is 0 Å². The average Bonchev–Trinajstić information content (AvgIpc) is 3.25. The molecule has 1 saturated heterocycles. The molecule has 0 unspecified atom stereocenters. The van der Waals surface area contributed by atoms with Gasteiger partial charge in [0.05, 0.1) is 11.4 Å². The van der Waals surface area contributed by atoms with Crippen LogP contribution >= 0.6 is 23.4 Å². The molecule has 0 radical (unpaired) electrons. The zero-order valence-electron chi connectivity index (χ0n) is 18.3. The number of halogens is 2. The highest BCUT2D eigenvalue weighted by Crippen LogP contribution is 2.37. The van der Waals surface area contributed by atoms with Crippen LogP contribution in [0.2, 0.25) is 5.02 Å². The fourth-order valence-electron chi connectivity index (χ4n) is 4.21. The van der Waals surface area contributed by atoms with E-state index in [1.165, 1.54) is 6.07 Å². The topological polar surface area (TPSA) is 42.3 Å². The Morgan fingerprint density at radius 1 is 0.912 bits per heavy atom. The molecule has 1 fully saturated rings. The van der Waals surface area contributed by atoms with Crippen LogP contribution in [0.25, 0.3) is 17.0 Å². The summed E-state index contributed by atoms with van der Waals surface area (Å²) in [6.07, 6.45) is 1.77. The van der Waals surface area contributed by atoms with E-state index in [2.05, 4.69) is 4.57 Å². The van der Waals surface area contributed by atoms with Gasteiger partial charge in [-0.25, -0.2) is 4.39 Å². The Morgan fingerprint density at radius 2 is 1.59 bits per heavy atom. The second-order valence-electron chi connectivity index (χ2n) is 8.05. The molecule has 4 aromatic rings. The van der Waals surface area contributed by atoms with Gasteiger partial charge in [0.25, 0.3) is 11.1 Å². The molecular formula is C27H20ClFN2O2S. The first kappa shape index (κ1) is 22.4. The van der Waals surface area contributed by atoms with E-state index in [1.807, 2.05) is 55.5 Å². The molecule has 1 aliphatic heterocycles. The SMILES string of the molecule is Cc1c(/C=C2\SC(=O)N(Cc3ccccc3F)C2=O)c2ccccc2n1Cc1ccccc1Cl. The summed E-state index contributed by atoms with van der Waals surface area (Å²) in [4.78, 5) is 27.1. The van der Waals surface area contributed by atoms with Crippen LogP contribution in [0, 0.1) is 12.7 Å². The number of benzene rings is 3. The molecule has 1 aliphatic rings. The van der Waals surface area contributed by atoms with Gasteiger partial charge in [0.1, 0.15) is 5.82 Å². The zero-order valence-corrected chi connectivity index (χ0v) is 19.9. The number of aromatic nitrogens is 1. The van der Waals surface area contributed by atoms with Gasteiger partial charge < -0.3 is 4.57 Å². The lowest BCUT2D eigenvalue weighted by Crippen LogP contribution is -2.27. The summed E-state index contributed by atoms with van der Waals surface area (Å²) in [5, 5.41) is 1.26. The van der Waals surface area contributed by atoms with Crippen LogP contribution < -0.4 is 0 Å². The van der Waals surface area contributed by atoms with Crippen molar-refractivity contribution >= 4 is 51.5 Å². The molecule has 0 spiro atoms. The monoisotopic (exact) mass is 490 g/mol. The molecular weight excluding hydrogens is 471 g/mol. The van der Waals surface area contributed by atoms with Crippen molar-refractivity contribution in [2.45, 2.75) is 20.0 Å². The Balaban J connectivity index is 1.53. The van der Waals surface area contributed by atoms with E-state index in [1.54, 1.807) is 24.3 Å². The Labute approximate surface area is 205 Å². The summed E-state index contributed by atoms with van der Waals surface area (Å²) in [5.74, 6) is -0.857. The maximum Gasteiger partial charge on any atom is 0.293 e. The number of carbonyl (C=O) groups is 2. The summed E-state index contributed by atoms with van der Waals surface area (Å²) < 4.78 is 16.3. The van der Waals surface area contributed by atoms with Crippen molar-refractivity contribution in [2.24, 2.45) is 0 Å². The minimum Gasteiger partial charge on any atom is -0.340 e. The van der Waals surface area contributed by atoms with Gasteiger partial charge in [-0.2, -0.15) is 0 Å². The number of rotatable bonds is 5. The summed E-state index contributed by atoms with van der Waals surface area (Å²) >= 11 is 7.29. The quantitative estimate of drug-likeness (QED) is 0.282. The molecule has 34 heavy (non-hydrogen) atoms. The van der Waals surface area contributed by atoms with Crippen molar-refractivity contribution in [1.82, 2.24) is 9.47 Å². The van der Waals surface area contributed by atoms with Crippen molar-refractivity contribution in [1.29, 1.82) is 0 Å². The number of hydrogen-bond donors (Lipinski definition) is 0. The molecule has 170 valence electrons. The van der Waals surface area contributed by atoms with Crippen LogP contribution in [0.4, 0.5) is 9.18 Å². The number of fused-ring (bicyclic) bond motifs is 1. The largest absolute Gasteiger partial charge is 0.340 e. The first-order chi connectivity index (χ1) is 16.4.